The van der Waals surface area contributed by atoms with Crippen molar-refractivity contribution in [3.8, 4) is 23.3 Å². The molecular weight excluding hydrogens is 456 g/mol. The van der Waals surface area contributed by atoms with E-state index < -0.39 is 17.5 Å². The van der Waals surface area contributed by atoms with E-state index in [0.29, 0.717) is 21.4 Å². The number of nitriles is 1. The van der Waals surface area contributed by atoms with Gasteiger partial charge in [-0.15, -0.1) is 11.3 Å². The van der Waals surface area contributed by atoms with Crippen molar-refractivity contribution in [2.75, 3.05) is 7.11 Å². The van der Waals surface area contributed by atoms with Gasteiger partial charge in [-0.25, -0.2) is 9.59 Å². The van der Waals surface area contributed by atoms with Crippen LogP contribution in [0.5, 0.6) is 17.2 Å². The number of benzene rings is 2. The van der Waals surface area contributed by atoms with Gasteiger partial charge in [0.1, 0.15) is 22.1 Å². The number of para-hydroxylation sites is 1. The Balaban J connectivity index is 1.65. The van der Waals surface area contributed by atoms with E-state index in [-0.39, 0.29) is 34.3 Å². The van der Waals surface area contributed by atoms with Crippen LogP contribution in [-0.4, -0.2) is 13.1 Å². The van der Waals surface area contributed by atoms with Gasteiger partial charge in [0.05, 0.1) is 24.0 Å². The molecule has 0 saturated carbocycles. The maximum absolute atomic E-state index is 13.0. The molecule has 0 spiro atoms. The molecular formula is C25H16N2O6S. The second kappa shape index (κ2) is 8.42. The van der Waals surface area contributed by atoms with Gasteiger partial charge < -0.3 is 24.4 Å². The van der Waals surface area contributed by atoms with Gasteiger partial charge >= 0.3 is 11.6 Å². The van der Waals surface area contributed by atoms with Crippen LogP contribution in [0.25, 0.3) is 11.0 Å². The maximum atomic E-state index is 13.0. The molecule has 1 aliphatic heterocycles. The third-order valence-corrected chi connectivity index (χ3v) is 6.27. The molecule has 34 heavy (non-hydrogen) atoms. The molecule has 2 aromatic carbocycles. The zero-order valence-electron chi connectivity index (χ0n) is 17.7. The molecule has 4 aromatic rings. The first-order valence-electron chi connectivity index (χ1n) is 10.1. The molecule has 1 atom stereocenters. The normalized spacial score (nSPS) is 14.8. The molecule has 3 heterocycles. The van der Waals surface area contributed by atoms with Gasteiger partial charge in [0.15, 0.2) is 17.2 Å². The fraction of sp³-hybridized carbons (Fsp3) is 0.0800. The Morgan fingerprint density at radius 1 is 1.15 bits per heavy atom. The number of rotatable bonds is 4. The van der Waals surface area contributed by atoms with Gasteiger partial charge in [-0.3, -0.25) is 0 Å². The van der Waals surface area contributed by atoms with Crippen LogP contribution in [-0.2, 0) is 0 Å². The number of nitrogens with two attached hydrogens (primary N) is 1. The molecule has 0 fully saturated rings. The number of ether oxygens (including phenoxy) is 3. The highest BCUT2D eigenvalue weighted by atomic mass is 32.1. The third-order valence-electron chi connectivity index (χ3n) is 5.42. The summed E-state index contributed by atoms with van der Waals surface area (Å²) < 4.78 is 22.2. The summed E-state index contributed by atoms with van der Waals surface area (Å²) in [4.78, 5) is 25.8. The summed E-state index contributed by atoms with van der Waals surface area (Å²) in [6, 6.07) is 17.1. The number of esters is 1. The first kappa shape index (κ1) is 21.3. The molecule has 0 unspecified atom stereocenters. The Hall–Kier alpha value is -4.55. The standard InChI is InChI=1S/C25H16N2O6S/c1-30-18-11-13(8-9-17(18)32-24(28)19-7-4-10-34-19)20-15(12-26)23(27)33-22-14-5-2-3-6-16(14)31-25(29)21(20)22/h2-11,20H,27H2,1H3/t20-/m0/s1. The monoisotopic (exact) mass is 472 g/mol. The number of hydrogen-bond acceptors (Lipinski definition) is 9. The van der Waals surface area contributed by atoms with Gasteiger partial charge in [0, 0.05) is 0 Å². The van der Waals surface area contributed by atoms with Crippen molar-refractivity contribution >= 4 is 28.3 Å². The predicted octanol–water partition coefficient (Wildman–Crippen LogP) is 4.30. The highest BCUT2D eigenvalue weighted by Crippen LogP contribution is 2.45. The van der Waals surface area contributed by atoms with Crippen LogP contribution >= 0.6 is 11.3 Å². The SMILES string of the molecule is COc1cc([C@H]2C(C#N)=C(N)Oc3c2c(=O)oc2ccccc32)ccc1OC(=O)c1cccs1. The minimum atomic E-state index is -0.870. The largest absolute Gasteiger partial charge is 0.493 e. The van der Waals surface area contributed by atoms with Crippen molar-refractivity contribution in [1.29, 1.82) is 5.26 Å². The fourth-order valence-electron chi connectivity index (χ4n) is 3.89. The predicted molar refractivity (Wildman–Crippen MR) is 124 cm³/mol. The lowest BCUT2D eigenvalue weighted by molar-refractivity contribution is 0.0734. The number of allylic oxidation sites excluding steroid dienone is 1. The zero-order valence-corrected chi connectivity index (χ0v) is 18.5. The smallest absolute Gasteiger partial charge is 0.353 e. The van der Waals surface area contributed by atoms with Gasteiger partial charge in [-0.1, -0.05) is 24.3 Å². The van der Waals surface area contributed by atoms with E-state index >= 15 is 0 Å². The maximum Gasteiger partial charge on any atom is 0.353 e. The van der Waals surface area contributed by atoms with Crippen LogP contribution in [0.3, 0.4) is 0 Å². The fourth-order valence-corrected chi connectivity index (χ4v) is 4.49. The summed E-state index contributed by atoms with van der Waals surface area (Å²) in [5, 5.41) is 12.2. The van der Waals surface area contributed by atoms with E-state index in [4.69, 9.17) is 24.4 Å². The molecule has 2 aromatic heterocycles. The summed E-state index contributed by atoms with van der Waals surface area (Å²) in [5.41, 5.74) is 6.51. The van der Waals surface area contributed by atoms with Crippen molar-refractivity contribution in [2.45, 2.75) is 5.92 Å². The van der Waals surface area contributed by atoms with Gasteiger partial charge in [0.2, 0.25) is 5.88 Å². The van der Waals surface area contributed by atoms with Crippen LogP contribution in [0.2, 0.25) is 0 Å². The second-order valence-electron chi connectivity index (χ2n) is 7.33. The van der Waals surface area contributed by atoms with Crippen molar-refractivity contribution < 1.29 is 23.4 Å². The van der Waals surface area contributed by atoms with E-state index in [1.54, 1.807) is 60.0 Å². The van der Waals surface area contributed by atoms with Crippen molar-refractivity contribution in [3.05, 3.63) is 97.9 Å². The topological polar surface area (TPSA) is 125 Å². The minimum absolute atomic E-state index is 0.0560. The van der Waals surface area contributed by atoms with Gasteiger partial charge in [-0.2, -0.15) is 5.26 Å². The molecule has 5 rings (SSSR count). The molecule has 168 valence electrons. The number of methoxy groups -OCH3 is 1. The number of hydrogen-bond donors (Lipinski definition) is 1. The number of carbonyl (C=O) groups excluding carboxylic acids is 1. The second-order valence-corrected chi connectivity index (χ2v) is 8.28. The lowest BCUT2D eigenvalue weighted by Gasteiger charge is -2.26. The van der Waals surface area contributed by atoms with Crippen LogP contribution in [0.15, 0.2) is 80.6 Å². The highest BCUT2D eigenvalue weighted by molar-refractivity contribution is 7.12. The molecule has 2 N–H and O–H groups in total. The first-order valence-corrected chi connectivity index (χ1v) is 11.0. The summed E-state index contributed by atoms with van der Waals surface area (Å²) in [7, 11) is 1.43. The summed E-state index contributed by atoms with van der Waals surface area (Å²) >= 11 is 1.26. The first-order chi connectivity index (χ1) is 16.5. The van der Waals surface area contributed by atoms with E-state index in [1.807, 2.05) is 6.07 Å². The van der Waals surface area contributed by atoms with E-state index in [9.17, 15) is 14.9 Å². The lowest BCUT2D eigenvalue weighted by atomic mass is 9.83. The van der Waals surface area contributed by atoms with Crippen LogP contribution in [0.1, 0.15) is 26.7 Å². The Morgan fingerprint density at radius 3 is 2.71 bits per heavy atom. The van der Waals surface area contributed by atoms with Gasteiger partial charge in [0.25, 0.3) is 0 Å². The number of carbonyl (C=O) groups is 1. The number of nitrogens with zero attached hydrogens (tertiary/aromatic N) is 1. The molecule has 9 heteroatoms. The summed E-state index contributed by atoms with van der Waals surface area (Å²) in [5.74, 6) is -0.824. The van der Waals surface area contributed by atoms with Crippen molar-refractivity contribution in [1.82, 2.24) is 0 Å². The van der Waals surface area contributed by atoms with E-state index in [2.05, 4.69) is 0 Å². The average molecular weight is 472 g/mol. The van der Waals surface area contributed by atoms with Gasteiger partial charge in [-0.05, 0) is 41.3 Å². The molecule has 1 aliphatic rings. The van der Waals surface area contributed by atoms with Crippen LogP contribution in [0.4, 0.5) is 0 Å². The number of thiophene rings is 1. The van der Waals surface area contributed by atoms with Crippen LogP contribution in [0, 0.1) is 11.3 Å². The van der Waals surface area contributed by atoms with Crippen LogP contribution < -0.4 is 25.6 Å². The van der Waals surface area contributed by atoms with E-state index in [0.717, 1.165) is 0 Å². The third kappa shape index (κ3) is 3.46. The average Bonchev–Trinajstić information content (AvgIpc) is 3.39. The summed E-state index contributed by atoms with van der Waals surface area (Å²) in [6.45, 7) is 0. The molecule has 0 radical (unpaired) electrons. The zero-order chi connectivity index (χ0) is 23.8. The lowest BCUT2D eigenvalue weighted by Crippen LogP contribution is -2.26. The Labute approximate surface area is 197 Å². The quantitative estimate of drug-likeness (QED) is 0.265. The van der Waals surface area contributed by atoms with Crippen molar-refractivity contribution in [2.24, 2.45) is 5.73 Å². The van der Waals surface area contributed by atoms with Crippen molar-refractivity contribution in [3.63, 3.8) is 0 Å². The molecule has 0 aliphatic carbocycles. The number of fused-ring (bicyclic) bond motifs is 3. The Bertz CT molecular complexity index is 1560. The Kier molecular flexibility index (Phi) is 5.28. The summed E-state index contributed by atoms with van der Waals surface area (Å²) in [6.07, 6.45) is 0. The molecule has 0 saturated heterocycles. The Morgan fingerprint density at radius 2 is 1.97 bits per heavy atom. The molecule has 8 nitrogen and oxygen atoms in total. The molecule has 0 bridgehead atoms. The van der Waals surface area contributed by atoms with E-state index in [1.165, 1.54) is 18.4 Å². The molecule has 0 amide bonds. The minimum Gasteiger partial charge on any atom is -0.493 e. The highest BCUT2D eigenvalue weighted by Gasteiger charge is 2.36.